The standard InChI is InChI=1S/C12H24N2O7/c1-14(10(19)4-2-3-9(13)18)5-7(16)11(20)12(21)8(17)6-15/h7-8,11-12,15-17,20-21H,2-6H2,1H3,(H2,13,18)/t7-,8+,11+,12+/m0/s1. The van der Waals surface area contributed by atoms with E-state index in [1.54, 1.807) is 0 Å². The maximum absolute atomic E-state index is 11.7. The lowest BCUT2D eigenvalue weighted by Gasteiger charge is -2.28. The van der Waals surface area contributed by atoms with E-state index >= 15 is 0 Å². The van der Waals surface area contributed by atoms with Crippen molar-refractivity contribution in [2.45, 2.75) is 43.7 Å². The molecule has 7 N–H and O–H groups in total. The molecule has 0 aliphatic carbocycles. The molecule has 21 heavy (non-hydrogen) atoms. The molecule has 9 nitrogen and oxygen atoms in total. The van der Waals surface area contributed by atoms with Crippen LogP contribution in [0.5, 0.6) is 0 Å². The summed E-state index contributed by atoms with van der Waals surface area (Å²) in [6.45, 7) is -1.04. The van der Waals surface area contributed by atoms with Crippen molar-refractivity contribution in [3.63, 3.8) is 0 Å². The van der Waals surface area contributed by atoms with E-state index in [-0.39, 0.29) is 31.7 Å². The van der Waals surface area contributed by atoms with Crippen molar-refractivity contribution < 1.29 is 35.1 Å². The Bertz CT molecular complexity index is 340. The molecule has 9 heteroatoms. The van der Waals surface area contributed by atoms with Crippen LogP contribution >= 0.6 is 0 Å². The number of aliphatic hydroxyl groups is 5. The lowest BCUT2D eigenvalue weighted by atomic mass is 10.0. The number of aliphatic hydroxyl groups excluding tert-OH is 5. The van der Waals surface area contributed by atoms with E-state index in [2.05, 4.69) is 0 Å². The van der Waals surface area contributed by atoms with E-state index in [9.17, 15) is 24.9 Å². The summed E-state index contributed by atoms with van der Waals surface area (Å²) >= 11 is 0. The fraction of sp³-hybridized carbons (Fsp3) is 0.833. The molecule has 0 bridgehead atoms. The highest BCUT2D eigenvalue weighted by atomic mass is 16.4. The van der Waals surface area contributed by atoms with Gasteiger partial charge >= 0.3 is 0 Å². The van der Waals surface area contributed by atoms with Crippen molar-refractivity contribution in [1.29, 1.82) is 0 Å². The minimum atomic E-state index is -1.73. The average Bonchev–Trinajstić information content (AvgIpc) is 2.43. The molecule has 0 rings (SSSR count). The van der Waals surface area contributed by atoms with Gasteiger partial charge < -0.3 is 36.2 Å². The van der Waals surface area contributed by atoms with E-state index in [4.69, 9.17) is 15.9 Å². The van der Waals surface area contributed by atoms with Crippen LogP contribution in [0.4, 0.5) is 0 Å². The maximum atomic E-state index is 11.7. The molecule has 0 spiro atoms. The van der Waals surface area contributed by atoms with Crippen molar-refractivity contribution in [2.24, 2.45) is 5.73 Å². The summed E-state index contributed by atoms with van der Waals surface area (Å²) < 4.78 is 0. The number of rotatable bonds is 10. The SMILES string of the molecule is CN(C[C@H](O)[C@@H](O)[C@H](O)[C@H](O)CO)C(=O)CCCC(N)=O. The van der Waals surface area contributed by atoms with Crippen molar-refractivity contribution >= 4 is 11.8 Å². The van der Waals surface area contributed by atoms with Gasteiger partial charge in [0.1, 0.15) is 24.4 Å². The van der Waals surface area contributed by atoms with Gasteiger partial charge in [0, 0.05) is 26.4 Å². The number of hydrogen-bond acceptors (Lipinski definition) is 7. The Hall–Kier alpha value is -1.26. The second kappa shape index (κ2) is 9.64. The number of carbonyl (C=O) groups is 2. The molecule has 0 aromatic carbocycles. The molecule has 0 saturated heterocycles. The second-order valence-electron chi connectivity index (χ2n) is 4.89. The molecule has 0 aliphatic rings. The molecule has 0 aliphatic heterocycles. The molecule has 2 amide bonds. The highest BCUT2D eigenvalue weighted by molar-refractivity contribution is 5.77. The van der Waals surface area contributed by atoms with E-state index in [0.717, 1.165) is 4.90 Å². The lowest BCUT2D eigenvalue weighted by Crippen LogP contribution is -2.49. The Kier molecular flexibility index (Phi) is 9.06. The number of likely N-dealkylation sites (N-methyl/N-ethyl adjacent to an activating group) is 1. The predicted octanol–water partition coefficient (Wildman–Crippen LogP) is -3.46. The van der Waals surface area contributed by atoms with E-state index < -0.39 is 36.9 Å². The van der Waals surface area contributed by atoms with Gasteiger partial charge in [0.2, 0.25) is 11.8 Å². The third kappa shape index (κ3) is 7.34. The molecular formula is C12H24N2O7. The zero-order valence-corrected chi connectivity index (χ0v) is 11.9. The van der Waals surface area contributed by atoms with Crippen LogP contribution in [0.3, 0.4) is 0 Å². The molecular weight excluding hydrogens is 284 g/mol. The van der Waals surface area contributed by atoms with Crippen molar-refractivity contribution in [2.75, 3.05) is 20.2 Å². The van der Waals surface area contributed by atoms with Crippen LogP contribution in [-0.4, -0.2) is 86.9 Å². The largest absolute Gasteiger partial charge is 0.394 e. The molecule has 0 aromatic rings. The molecule has 124 valence electrons. The Labute approximate surface area is 122 Å². The molecule has 0 aromatic heterocycles. The van der Waals surface area contributed by atoms with Gasteiger partial charge in [-0.05, 0) is 6.42 Å². The summed E-state index contributed by atoms with van der Waals surface area (Å²) in [7, 11) is 1.39. The summed E-state index contributed by atoms with van der Waals surface area (Å²) in [5.41, 5.74) is 4.94. The van der Waals surface area contributed by atoms with Gasteiger partial charge in [-0.3, -0.25) is 9.59 Å². The average molecular weight is 308 g/mol. The molecule has 0 unspecified atom stereocenters. The highest BCUT2D eigenvalue weighted by Gasteiger charge is 2.31. The zero-order chi connectivity index (χ0) is 16.6. The second-order valence-corrected chi connectivity index (χ2v) is 4.89. The molecule has 0 saturated carbocycles. The summed E-state index contributed by atoms with van der Waals surface area (Å²) in [5.74, 6) is -0.873. The first-order chi connectivity index (χ1) is 9.70. The Morgan fingerprint density at radius 1 is 1.05 bits per heavy atom. The first kappa shape index (κ1) is 19.7. The van der Waals surface area contributed by atoms with Gasteiger partial charge in [0.05, 0.1) is 6.61 Å². The van der Waals surface area contributed by atoms with Gasteiger partial charge in [0.15, 0.2) is 0 Å². The first-order valence-corrected chi connectivity index (χ1v) is 6.56. The van der Waals surface area contributed by atoms with Crippen LogP contribution in [0.1, 0.15) is 19.3 Å². The normalized spacial score (nSPS) is 16.9. The van der Waals surface area contributed by atoms with Gasteiger partial charge in [-0.1, -0.05) is 0 Å². The minimum absolute atomic E-state index is 0.0596. The van der Waals surface area contributed by atoms with E-state index in [1.165, 1.54) is 7.05 Å². The van der Waals surface area contributed by atoms with Gasteiger partial charge in [0.25, 0.3) is 0 Å². The minimum Gasteiger partial charge on any atom is -0.394 e. The van der Waals surface area contributed by atoms with Crippen molar-refractivity contribution in [3.05, 3.63) is 0 Å². The molecule has 0 fully saturated rings. The topological polar surface area (TPSA) is 165 Å². The Balaban J connectivity index is 4.26. The molecule has 4 atom stereocenters. The first-order valence-electron chi connectivity index (χ1n) is 6.56. The van der Waals surface area contributed by atoms with Crippen molar-refractivity contribution in [3.8, 4) is 0 Å². The highest BCUT2D eigenvalue weighted by Crippen LogP contribution is 2.07. The van der Waals surface area contributed by atoms with Crippen LogP contribution in [0.25, 0.3) is 0 Å². The van der Waals surface area contributed by atoms with E-state index in [0.29, 0.717) is 0 Å². The number of nitrogens with two attached hydrogens (primary N) is 1. The van der Waals surface area contributed by atoms with Crippen LogP contribution in [0.2, 0.25) is 0 Å². The lowest BCUT2D eigenvalue weighted by molar-refractivity contribution is -0.138. The van der Waals surface area contributed by atoms with Crippen LogP contribution in [-0.2, 0) is 9.59 Å². The molecule has 0 heterocycles. The van der Waals surface area contributed by atoms with Gasteiger partial charge in [-0.2, -0.15) is 0 Å². The number of nitrogens with zero attached hydrogens (tertiary/aromatic N) is 1. The Morgan fingerprint density at radius 3 is 2.05 bits per heavy atom. The van der Waals surface area contributed by atoms with Crippen LogP contribution in [0, 0.1) is 0 Å². The molecule has 0 radical (unpaired) electrons. The summed E-state index contributed by atoms with van der Waals surface area (Å²) in [4.78, 5) is 23.3. The van der Waals surface area contributed by atoms with Crippen molar-refractivity contribution in [1.82, 2.24) is 4.90 Å². The Morgan fingerprint density at radius 2 is 1.57 bits per heavy atom. The number of primary amides is 1. The number of carbonyl (C=O) groups excluding carboxylic acids is 2. The fourth-order valence-corrected chi connectivity index (χ4v) is 1.66. The summed E-state index contributed by atoms with van der Waals surface area (Å²) in [5, 5.41) is 46.5. The fourth-order valence-electron chi connectivity index (χ4n) is 1.66. The third-order valence-electron chi connectivity index (χ3n) is 3.03. The predicted molar refractivity (Wildman–Crippen MR) is 71.8 cm³/mol. The van der Waals surface area contributed by atoms with E-state index in [1.807, 2.05) is 0 Å². The van der Waals surface area contributed by atoms with Gasteiger partial charge in [-0.25, -0.2) is 0 Å². The maximum Gasteiger partial charge on any atom is 0.222 e. The number of amides is 2. The number of hydrogen-bond donors (Lipinski definition) is 6. The monoisotopic (exact) mass is 308 g/mol. The summed E-state index contributed by atoms with van der Waals surface area (Å²) in [6.07, 6.45) is -6.12. The summed E-state index contributed by atoms with van der Waals surface area (Å²) in [6, 6.07) is 0. The third-order valence-corrected chi connectivity index (χ3v) is 3.03. The zero-order valence-electron chi connectivity index (χ0n) is 11.9. The van der Waals surface area contributed by atoms with Gasteiger partial charge in [-0.15, -0.1) is 0 Å². The quantitative estimate of drug-likeness (QED) is 0.244. The smallest absolute Gasteiger partial charge is 0.222 e. The van der Waals surface area contributed by atoms with Crippen LogP contribution < -0.4 is 5.73 Å². The van der Waals surface area contributed by atoms with Crippen LogP contribution in [0.15, 0.2) is 0 Å².